The molecule has 0 unspecified atom stereocenters. The lowest BCUT2D eigenvalue weighted by Gasteiger charge is -2.32. The van der Waals surface area contributed by atoms with Crippen molar-refractivity contribution < 1.29 is 23.8 Å². The van der Waals surface area contributed by atoms with Gasteiger partial charge in [0.25, 0.3) is 5.91 Å². The highest BCUT2D eigenvalue weighted by atomic mass is 35.5. The van der Waals surface area contributed by atoms with Crippen LogP contribution in [0.15, 0.2) is 66.7 Å². The van der Waals surface area contributed by atoms with E-state index < -0.39 is 11.9 Å². The number of carbonyl (C=O) groups excluding carboxylic acids is 2. The molecule has 0 aromatic heterocycles. The smallest absolute Gasteiger partial charge is 0.261 e. The lowest BCUT2D eigenvalue weighted by Crippen LogP contribution is -2.52. The standard InChI is InChI=1S/C30H34Cl2N2O5/c1-20(2)17-33-30(36)28(13-21-9-6-5-7-10-21)34(18-25-26(31)11-8-12-27(25)32)29(35)19-39-24-15-22(37-3)14-23(16-24)38-4/h5-12,14-16,20,28H,13,17-19H2,1-4H3,(H,33,36)/t28-/m0/s1. The third-order valence-corrected chi connectivity index (χ3v) is 6.74. The molecule has 2 amide bonds. The molecule has 1 atom stereocenters. The summed E-state index contributed by atoms with van der Waals surface area (Å²) in [5.74, 6) is 0.984. The normalized spacial score (nSPS) is 11.6. The molecule has 0 fully saturated rings. The van der Waals surface area contributed by atoms with Crippen LogP contribution >= 0.6 is 23.2 Å². The maximum atomic E-state index is 13.8. The molecule has 208 valence electrons. The first-order valence-corrected chi connectivity index (χ1v) is 13.4. The maximum Gasteiger partial charge on any atom is 0.261 e. The van der Waals surface area contributed by atoms with Crippen molar-refractivity contribution in [3.05, 3.63) is 87.9 Å². The summed E-state index contributed by atoms with van der Waals surface area (Å²) in [6.45, 7) is 4.18. The fourth-order valence-corrected chi connectivity index (χ4v) is 4.44. The molecule has 0 heterocycles. The molecule has 7 nitrogen and oxygen atoms in total. The van der Waals surface area contributed by atoms with E-state index in [0.29, 0.717) is 45.8 Å². The SMILES string of the molecule is COc1cc(OC)cc(OCC(=O)N(Cc2c(Cl)cccc2Cl)[C@@H](Cc2ccccc2)C(=O)NCC(C)C)c1. The molecule has 0 aliphatic rings. The molecule has 0 saturated carbocycles. The molecule has 0 bridgehead atoms. The van der Waals surface area contributed by atoms with Gasteiger partial charge in [-0.3, -0.25) is 9.59 Å². The molecular formula is C30H34Cl2N2O5. The summed E-state index contributed by atoms with van der Waals surface area (Å²) in [6, 6.07) is 18.9. The highest BCUT2D eigenvalue weighted by molar-refractivity contribution is 6.36. The molecule has 1 N–H and O–H groups in total. The predicted molar refractivity (Wildman–Crippen MR) is 154 cm³/mol. The van der Waals surface area contributed by atoms with Crippen molar-refractivity contribution in [2.24, 2.45) is 5.92 Å². The van der Waals surface area contributed by atoms with E-state index in [1.807, 2.05) is 44.2 Å². The van der Waals surface area contributed by atoms with Crippen LogP contribution in [0, 0.1) is 5.92 Å². The first-order chi connectivity index (χ1) is 18.7. The number of methoxy groups -OCH3 is 2. The van der Waals surface area contributed by atoms with E-state index in [-0.39, 0.29) is 25.0 Å². The van der Waals surface area contributed by atoms with Gasteiger partial charge in [-0.05, 0) is 23.6 Å². The van der Waals surface area contributed by atoms with E-state index in [2.05, 4.69) is 5.32 Å². The summed E-state index contributed by atoms with van der Waals surface area (Å²) in [5.41, 5.74) is 1.45. The fourth-order valence-electron chi connectivity index (χ4n) is 3.92. The number of benzene rings is 3. The van der Waals surface area contributed by atoms with Crippen LogP contribution in [0.4, 0.5) is 0 Å². The van der Waals surface area contributed by atoms with Crippen molar-refractivity contribution in [2.75, 3.05) is 27.4 Å². The van der Waals surface area contributed by atoms with Crippen LogP contribution in [0.2, 0.25) is 10.0 Å². The zero-order chi connectivity index (χ0) is 28.4. The Morgan fingerprint density at radius 1 is 0.872 bits per heavy atom. The molecule has 0 aliphatic heterocycles. The van der Waals surface area contributed by atoms with Gasteiger partial charge in [-0.2, -0.15) is 0 Å². The summed E-state index contributed by atoms with van der Waals surface area (Å²) >= 11 is 13.0. The van der Waals surface area contributed by atoms with E-state index in [4.69, 9.17) is 37.4 Å². The third kappa shape index (κ3) is 8.80. The van der Waals surface area contributed by atoms with Gasteiger partial charge >= 0.3 is 0 Å². The van der Waals surface area contributed by atoms with Gasteiger partial charge in [-0.25, -0.2) is 0 Å². The van der Waals surface area contributed by atoms with Crippen molar-refractivity contribution in [3.63, 3.8) is 0 Å². The average molecular weight is 574 g/mol. The molecule has 39 heavy (non-hydrogen) atoms. The largest absolute Gasteiger partial charge is 0.496 e. The van der Waals surface area contributed by atoms with Crippen molar-refractivity contribution >= 4 is 35.0 Å². The van der Waals surface area contributed by atoms with Crippen LogP contribution < -0.4 is 19.5 Å². The van der Waals surface area contributed by atoms with E-state index in [1.165, 1.54) is 19.1 Å². The Morgan fingerprint density at radius 3 is 2.03 bits per heavy atom. The second-order valence-corrected chi connectivity index (χ2v) is 10.2. The Labute approximate surface area is 240 Å². The highest BCUT2D eigenvalue weighted by Gasteiger charge is 2.31. The minimum Gasteiger partial charge on any atom is -0.496 e. The van der Waals surface area contributed by atoms with Gasteiger partial charge in [-0.15, -0.1) is 0 Å². The lowest BCUT2D eigenvalue weighted by molar-refractivity contribution is -0.142. The Kier molecular flexibility index (Phi) is 11.3. The average Bonchev–Trinajstić information content (AvgIpc) is 2.93. The quantitative estimate of drug-likeness (QED) is 0.280. The Bertz CT molecular complexity index is 1210. The van der Waals surface area contributed by atoms with Crippen LogP contribution in [0.5, 0.6) is 17.2 Å². The van der Waals surface area contributed by atoms with Gasteiger partial charge in [0.05, 0.1) is 14.2 Å². The monoisotopic (exact) mass is 572 g/mol. The van der Waals surface area contributed by atoms with Crippen LogP contribution in [-0.4, -0.2) is 50.1 Å². The molecule has 3 aromatic rings. The summed E-state index contributed by atoms with van der Waals surface area (Å²) in [7, 11) is 3.06. The van der Waals surface area contributed by atoms with Crippen molar-refractivity contribution in [1.29, 1.82) is 0 Å². The number of nitrogens with one attached hydrogen (secondary N) is 1. The van der Waals surface area contributed by atoms with Crippen molar-refractivity contribution in [1.82, 2.24) is 10.2 Å². The van der Waals surface area contributed by atoms with Crippen LogP contribution in [0.25, 0.3) is 0 Å². The minimum absolute atomic E-state index is 0.0226. The highest BCUT2D eigenvalue weighted by Crippen LogP contribution is 2.29. The number of hydrogen-bond donors (Lipinski definition) is 1. The minimum atomic E-state index is -0.838. The summed E-state index contributed by atoms with van der Waals surface area (Å²) in [5, 5.41) is 3.79. The molecule has 3 rings (SSSR count). The molecule has 0 radical (unpaired) electrons. The lowest BCUT2D eigenvalue weighted by atomic mass is 10.0. The van der Waals surface area contributed by atoms with Crippen LogP contribution in [-0.2, 0) is 22.6 Å². The summed E-state index contributed by atoms with van der Waals surface area (Å²) in [4.78, 5) is 28.8. The van der Waals surface area contributed by atoms with Gasteiger partial charge in [0.15, 0.2) is 6.61 Å². The zero-order valence-electron chi connectivity index (χ0n) is 22.6. The van der Waals surface area contributed by atoms with Gasteiger partial charge < -0.3 is 24.4 Å². The zero-order valence-corrected chi connectivity index (χ0v) is 24.1. The Balaban J connectivity index is 1.96. The summed E-state index contributed by atoms with van der Waals surface area (Å²) in [6.07, 6.45) is 0.297. The number of rotatable bonds is 13. The van der Waals surface area contributed by atoms with Crippen molar-refractivity contribution in [2.45, 2.75) is 32.9 Å². The van der Waals surface area contributed by atoms with Crippen LogP contribution in [0.1, 0.15) is 25.0 Å². The van der Waals surface area contributed by atoms with Crippen LogP contribution in [0.3, 0.4) is 0 Å². The number of hydrogen-bond acceptors (Lipinski definition) is 5. The molecular weight excluding hydrogens is 539 g/mol. The first kappa shape index (κ1) is 30.1. The van der Waals surface area contributed by atoms with Gasteiger partial charge in [0.2, 0.25) is 5.91 Å². The molecule has 3 aromatic carbocycles. The van der Waals surface area contributed by atoms with E-state index >= 15 is 0 Å². The second kappa shape index (κ2) is 14.7. The predicted octanol–water partition coefficient (Wildman–Crippen LogP) is 5.80. The molecule has 9 heteroatoms. The Hall–Kier alpha value is -3.42. The number of amides is 2. The Morgan fingerprint density at radius 2 is 1.46 bits per heavy atom. The number of carbonyl (C=O) groups is 2. The van der Waals surface area contributed by atoms with E-state index in [0.717, 1.165) is 5.56 Å². The third-order valence-electron chi connectivity index (χ3n) is 6.03. The van der Waals surface area contributed by atoms with Gasteiger partial charge in [0, 0.05) is 53.3 Å². The first-order valence-electron chi connectivity index (χ1n) is 12.6. The van der Waals surface area contributed by atoms with Gasteiger partial charge in [0.1, 0.15) is 23.3 Å². The fraction of sp³-hybridized carbons (Fsp3) is 0.333. The second-order valence-electron chi connectivity index (χ2n) is 9.40. The number of halogens is 2. The number of nitrogens with zero attached hydrogens (tertiary/aromatic N) is 1. The molecule has 0 aliphatic carbocycles. The van der Waals surface area contributed by atoms with Gasteiger partial charge in [-0.1, -0.05) is 73.4 Å². The van der Waals surface area contributed by atoms with E-state index in [9.17, 15) is 9.59 Å². The molecule has 0 spiro atoms. The van der Waals surface area contributed by atoms with Crippen molar-refractivity contribution in [3.8, 4) is 17.2 Å². The molecule has 0 saturated heterocycles. The van der Waals surface area contributed by atoms with E-state index in [1.54, 1.807) is 36.4 Å². The topological polar surface area (TPSA) is 77.1 Å². The summed E-state index contributed by atoms with van der Waals surface area (Å²) < 4.78 is 16.5. The maximum absolute atomic E-state index is 13.8. The number of ether oxygens (including phenoxy) is 3.